The van der Waals surface area contributed by atoms with Crippen LogP contribution in [0.3, 0.4) is 0 Å². The normalized spacial score (nSPS) is 13.9. The van der Waals surface area contributed by atoms with E-state index >= 15 is 0 Å². The van der Waals surface area contributed by atoms with Crippen molar-refractivity contribution in [2.75, 3.05) is 19.6 Å². The van der Waals surface area contributed by atoms with Gasteiger partial charge >= 0.3 is 29.6 Å². The van der Waals surface area contributed by atoms with Crippen LogP contribution < -0.4 is 34.7 Å². The molecular formula is C24H44NNaO2. The predicted molar refractivity (Wildman–Crippen MR) is 116 cm³/mol. The van der Waals surface area contributed by atoms with Gasteiger partial charge in [0, 0.05) is 19.6 Å². The van der Waals surface area contributed by atoms with E-state index in [4.69, 9.17) is 0 Å². The number of unbranched alkanes of at least 4 members (excludes halogenated alkanes) is 8. The van der Waals surface area contributed by atoms with E-state index in [-0.39, 0.29) is 36.1 Å². The molecule has 0 spiro atoms. The molecule has 3 nitrogen and oxygen atoms in total. The molecule has 2 unspecified atom stereocenters. The Balaban J connectivity index is 0. The van der Waals surface area contributed by atoms with Crippen LogP contribution in [0.2, 0.25) is 0 Å². The van der Waals surface area contributed by atoms with Crippen molar-refractivity contribution in [2.24, 2.45) is 11.8 Å². The second-order valence-corrected chi connectivity index (χ2v) is 8.08. The van der Waals surface area contributed by atoms with Crippen LogP contribution in [0.4, 0.5) is 0 Å². The summed E-state index contributed by atoms with van der Waals surface area (Å²) in [6.45, 7) is 10.3. The number of carboxylic acid groups (broad SMARTS) is 1. The van der Waals surface area contributed by atoms with Crippen LogP contribution in [-0.2, 0) is 4.79 Å². The predicted octanol–water partition coefficient (Wildman–Crippen LogP) is 2.37. The first-order valence-electron chi connectivity index (χ1n) is 11.2. The molecule has 0 aromatic rings. The maximum absolute atomic E-state index is 11.1. The van der Waals surface area contributed by atoms with E-state index in [9.17, 15) is 9.90 Å². The number of nitrogens with zero attached hydrogens (tertiary/aromatic N) is 1. The van der Waals surface area contributed by atoms with E-state index < -0.39 is 5.97 Å². The van der Waals surface area contributed by atoms with Crippen LogP contribution in [-0.4, -0.2) is 30.5 Å². The first-order chi connectivity index (χ1) is 13.0. The average Bonchev–Trinajstić information content (AvgIpc) is 2.60. The van der Waals surface area contributed by atoms with Crippen LogP contribution >= 0.6 is 0 Å². The first-order valence-corrected chi connectivity index (χ1v) is 11.2. The van der Waals surface area contributed by atoms with Crippen molar-refractivity contribution in [3.8, 4) is 0 Å². The monoisotopic (exact) mass is 401 g/mol. The maximum atomic E-state index is 11.1. The Labute approximate surface area is 197 Å². The van der Waals surface area contributed by atoms with Crippen LogP contribution in [0.5, 0.6) is 0 Å². The number of carbonyl (C=O) groups is 1. The third kappa shape index (κ3) is 20.6. The number of hydrogen-bond acceptors (Lipinski definition) is 3. The molecule has 2 atom stereocenters. The average molecular weight is 402 g/mol. The Morgan fingerprint density at radius 1 is 0.821 bits per heavy atom. The Bertz CT molecular complexity index is 379. The van der Waals surface area contributed by atoms with Gasteiger partial charge in [-0.2, -0.15) is 0 Å². The number of carboxylic acids is 1. The molecule has 4 heteroatoms. The minimum Gasteiger partial charge on any atom is -0.549 e. The zero-order chi connectivity index (χ0) is 20.3. The summed E-state index contributed by atoms with van der Waals surface area (Å²) in [4.78, 5) is 13.1. The number of rotatable bonds is 18. The van der Waals surface area contributed by atoms with Crippen molar-refractivity contribution in [2.45, 2.75) is 91.9 Å². The molecule has 0 fully saturated rings. The summed E-state index contributed by atoms with van der Waals surface area (Å²) in [5.41, 5.74) is 0. The zero-order valence-electron chi connectivity index (χ0n) is 19.4. The third-order valence-corrected chi connectivity index (χ3v) is 4.82. The molecule has 0 saturated carbocycles. The Kier molecular flexibility index (Phi) is 23.2. The van der Waals surface area contributed by atoms with E-state index in [0.29, 0.717) is 11.8 Å². The summed E-state index contributed by atoms with van der Waals surface area (Å²) >= 11 is 0. The van der Waals surface area contributed by atoms with Gasteiger partial charge in [0.2, 0.25) is 0 Å². The van der Waals surface area contributed by atoms with Crippen LogP contribution in [0.25, 0.3) is 0 Å². The Hall–Kier alpha value is -0.0900. The molecule has 0 saturated heterocycles. The van der Waals surface area contributed by atoms with Crippen molar-refractivity contribution in [1.82, 2.24) is 4.90 Å². The molecule has 0 aliphatic rings. The third-order valence-electron chi connectivity index (χ3n) is 4.82. The number of allylic oxidation sites excluding steroid dienone is 2. The second kappa shape index (κ2) is 21.6. The van der Waals surface area contributed by atoms with Crippen molar-refractivity contribution in [3.05, 3.63) is 24.3 Å². The van der Waals surface area contributed by atoms with Crippen LogP contribution in [0, 0.1) is 11.8 Å². The largest absolute Gasteiger partial charge is 1.00 e. The Morgan fingerprint density at radius 3 is 1.61 bits per heavy atom. The van der Waals surface area contributed by atoms with Gasteiger partial charge in [-0.15, -0.1) is 0 Å². The maximum Gasteiger partial charge on any atom is 1.00 e. The summed E-state index contributed by atoms with van der Waals surface area (Å²) in [6.07, 6.45) is 21.5. The summed E-state index contributed by atoms with van der Waals surface area (Å²) < 4.78 is 0. The standard InChI is InChI=1S/C24H45NO2.Na/c1-5-7-9-11-13-15-17-22(3)19-25(21-24(26)27)20-23(4)18-16-14-12-10-8-6-2;/h15-18,22-23H,5-14,19-21H2,1-4H3,(H,26,27);/q;+1/p-1/b17-15+,18-16+;. The van der Waals surface area contributed by atoms with Gasteiger partial charge in [0.05, 0.1) is 5.97 Å². The van der Waals surface area contributed by atoms with Crippen LogP contribution in [0.15, 0.2) is 24.3 Å². The molecule has 0 aliphatic carbocycles. The van der Waals surface area contributed by atoms with Crippen molar-refractivity contribution < 1.29 is 39.5 Å². The van der Waals surface area contributed by atoms with Gasteiger partial charge in [-0.3, -0.25) is 4.90 Å². The van der Waals surface area contributed by atoms with Crippen molar-refractivity contribution >= 4 is 5.97 Å². The fourth-order valence-electron chi connectivity index (χ4n) is 3.36. The molecular weight excluding hydrogens is 357 g/mol. The van der Waals surface area contributed by atoms with Crippen LogP contribution in [0.1, 0.15) is 91.9 Å². The van der Waals surface area contributed by atoms with E-state index in [0.717, 1.165) is 25.9 Å². The van der Waals surface area contributed by atoms with Crippen molar-refractivity contribution in [3.63, 3.8) is 0 Å². The number of aliphatic carboxylic acids is 1. The van der Waals surface area contributed by atoms with Gasteiger partial charge in [-0.1, -0.05) is 90.5 Å². The van der Waals surface area contributed by atoms with Gasteiger partial charge in [0.15, 0.2) is 0 Å². The molecule has 0 amide bonds. The minimum absolute atomic E-state index is 0. The molecule has 0 radical (unpaired) electrons. The summed E-state index contributed by atoms with van der Waals surface area (Å²) in [6, 6.07) is 0. The molecule has 0 bridgehead atoms. The summed E-state index contributed by atoms with van der Waals surface area (Å²) in [7, 11) is 0. The quantitative estimate of drug-likeness (QED) is 0.201. The molecule has 0 aliphatic heterocycles. The van der Waals surface area contributed by atoms with E-state index in [1.807, 2.05) is 4.90 Å². The molecule has 0 aromatic heterocycles. The van der Waals surface area contributed by atoms with Crippen molar-refractivity contribution in [1.29, 1.82) is 0 Å². The fraction of sp³-hybridized carbons (Fsp3) is 0.792. The molecule has 0 aromatic carbocycles. The summed E-state index contributed by atoms with van der Waals surface area (Å²) in [5, 5.41) is 11.1. The minimum atomic E-state index is -0.985. The first kappa shape index (κ1) is 30.1. The van der Waals surface area contributed by atoms with Gasteiger partial charge in [0.1, 0.15) is 0 Å². The Morgan fingerprint density at radius 2 is 1.25 bits per heavy atom. The molecule has 158 valence electrons. The molecule has 0 rings (SSSR count). The van der Waals surface area contributed by atoms with Gasteiger partial charge in [0.25, 0.3) is 0 Å². The second-order valence-electron chi connectivity index (χ2n) is 8.08. The zero-order valence-corrected chi connectivity index (χ0v) is 21.4. The molecule has 0 heterocycles. The van der Waals surface area contributed by atoms with Gasteiger partial charge in [-0.25, -0.2) is 0 Å². The van der Waals surface area contributed by atoms with E-state index in [1.165, 1.54) is 51.4 Å². The fourth-order valence-corrected chi connectivity index (χ4v) is 3.36. The van der Waals surface area contributed by atoms with Gasteiger partial charge in [-0.05, 0) is 37.5 Å². The smallest absolute Gasteiger partial charge is 0.549 e. The van der Waals surface area contributed by atoms with E-state index in [1.54, 1.807) is 0 Å². The summed E-state index contributed by atoms with van der Waals surface area (Å²) in [5.74, 6) is -0.261. The molecule has 0 N–H and O–H groups in total. The number of hydrogen-bond donors (Lipinski definition) is 0. The topological polar surface area (TPSA) is 43.4 Å². The van der Waals surface area contributed by atoms with Gasteiger partial charge < -0.3 is 9.90 Å². The number of carbonyl (C=O) groups excluding carboxylic acids is 1. The SMILES string of the molecule is CCCCCC/C=C/C(C)CN(CC(=O)[O-])CC(C)/C=C/CCCCCC.[Na+]. The van der Waals surface area contributed by atoms with E-state index in [2.05, 4.69) is 52.0 Å². The molecule has 28 heavy (non-hydrogen) atoms.